The van der Waals surface area contributed by atoms with Crippen molar-refractivity contribution in [2.45, 2.75) is 102 Å². The highest BCUT2D eigenvalue weighted by Crippen LogP contribution is 2.36. The molecule has 1 aliphatic heterocycles. The Labute approximate surface area is 335 Å². The van der Waals surface area contributed by atoms with Gasteiger partial charge in [0.1, 0.15) is 5.82 Å². The van der Waals surface area contributed by atoms with Crippen LogP contribution in [0.4, 0.5) is 10.2 Å². The van der Waals surface area contributed by atoms with E-state index in [1.165, 1.54) is 0 Å². The summed E-state index contributed by atoms with van der Waals surface area (Å²) in [5.74, 6) is 2.11. The van der Waals surface area contributed by atoms with Crippen molar-refractivity contribution in [1.82, 2.24) is 19.5 Å². The van der Waals surface area contributed by atoms with Crippen LogP contribution in [0.25, 0.3) is 11.2 Å². The first-order valence-electron chi connectivity index (χ1n) is 18.3. The molecule has 5 rings (SSSR count). The lowest BCUT2D eigenvalue weighted by molar-refractivity contribution is 0.174. The van der Waals surface area contributed by atoms with Crippen LogP contribution >= 0.6 is 22.6 Å². The molecule has 0 aliphatic carbocycles. The van der Waals surface area contributed by atoms with Crippen LogP contribution in [0.5, 0.6) is 11.5 Å². The van der Waals surface area contributed by atoms with Crippen molar-refractivity contribution in [3.05, 3.63) is 63.0 Å². The molecule has 4 aromatic rings. The number of hydrogen-bond acceptors (Lipinski definition) is 13. The van der Waals surface area contributed by atoms with Crippen LogP contribution in [0.1, 0.15) is 94.0 Å². The van der Waals surface area contributed by atoms with Crippen LogP contribution in [-0.2, 0) is 41.8 Å². The molecule has 0 saturated carbocycles. The van der Waals surface area contributed by atoms with Gasteiger partial charge in [0.15, 0.2) is 28.5 Å². The minimum Gasteiger partial charge on any atom is -0.454 e. The predicted octanol–water partition coefficient (Wildman–Crippen LogP) is 6.07. The zero-order valence-electron chi connectivity index (χ0n) is 30.9. The van der Waals surface area contributed by atoms with E-state index in [1.54, 1.807) is 24.3 Å². The van der Waals surface area contributed by atoms with E-state index in [4.69, 9.17) is 29.6 Å². The van der Waals surface area contributed by atoms with E-state index >= 15 is 0 Å². The molecule has 1 aliphatic rings. The highest BCUT2D eigenvalue weighted by molar-refractivity contribution is 14.1. The summed E-state index contributed by atoms with van der Waals surface area (Å²) in [6.45, 7) is 3.27. The lowest BCUT2D eigenvalue weighted by atomic mass is 10.1. The zero-order chi connectivity index (χ0) is 39.8. The largest absolute Gasteiger partial charge is 0.454 e. The summed E-state index contributed by atoms with van der Waals surface area (Å²) < 4.78 is 82.6. The summed E-state index contributed by atoms with van der Waals surface area (Å²) in [5, 5.41) is 13.4. The molecule has 0 unspecified atom stereocenters. The normalized spacial score (nSPS) is 12.6. The average molecular weight is 921 g/mol. The Balaban J connectivity index is 0.000000287. The maximum Gasteiger partial charge on any atom is 0.333 e. The monoisotopic (exact) mass is 920 g/mol. The minimum atomic E-state index is -3.88. The first-order valence-corrected chi connectivity index (χ1v) is 22.2. The van der Waals surface area contributed by atoms with E-state index in [9.17, 15) is 21.2 Å². The number of aliphatic hydroxyl groups excluding tert-OH is 1. The Hall–Kier alpha value is -3.21. The van der Waals surface area contributed by atoms with Gasteiger partial charge < -0.3 is 24.9 Å². The summed E-state index contributed by atoms with van der Waals surface area (Å²) in [6.07, 6.45) is 10.4. The molecular weight excluding hydrogens is 870 g/mol. The molecular formula is C36H50FIN6O9S2. The Morgan fingerprint density at radius 1 is 0.836 bits per heavy atom. The third-order valence-electron chi connectivity index (χ3n) is 8.69. The highest BCUT2D eigenvalue weighted by Gasteiger charge is 2.21. The van der Waals surface area contributed by atoms with E-state index in [1.807, 2.05) is 23.6 Å². The summed E-state index contributed by atoms with van der Waals surface area (Å²) >= 11 is 2.25. The topological polar surface area (TPSA) is 221 Å². The quantitative estimate of drug-likeness (QED) is 0.0353. The van der Waals surface area contributed by atoms with Crippen LogP contribution in [0.2, 0.25) is 0 Å². The molecule has 0 spiro atoms. The van der Waals surface area contributed by atoms with Crippen molar-refractivity contribution >= 4 is 60.0 Å². The molecule has 0 atom stereocenters. The van der Waals surface area contributed by atoms with E-state index in [0.717, 1.165) is 85.3 Å². The number of fused-ring (bicyclic) bond motifs is 2. The molecule has 0 fully saturated rings. The Morgan fingerprint density at radius 3 is 2.05 bits per heavy atom. The molecule has 5 N–H and O–H groups in total. The van der Waals surface area contributed by atoms with E-state index in [0.29, 0.717) is 47.9 Å². The molecule has 55 heavy (non-hydrogen) atoms. The second kappa shape index (κ2) is 21.9. The van der Waals surface area contributed by atoms with Gasteiger partial charge >= 0.3 is 16.4 Å². The highest BCUT2D eigenvalue weighted by atomic mass is 127. The fourth-order valence-corrected chi connectivity index (χ4v) is 7.71. The third kappa shape index (κ3) is 14.7. The van der Waals surface area contributed by atoms with Gasteiger partial charge in [-0.2, -0.15) is 31.2 Å². The molecule has 3 heterocycles. The summed E-state index contributed by atoms with van der Waals surface area (Å²) in [4.78, 5) is 12.5. The van der Waals surface area contributed by atoms with Gasteiger partial charge in [-0.3, -0.25) is 8.37 Å². The smallest absolute Gasteiger partial charge is 0.333 e. The Kier molecular flexibility index (Phi) is 17.7. The number of imidazole rings is 1. The van der Waals surface area contributed by atoms with Gasteiger partial charge in [0.05, 0.1) is 18.1 Å². The Morgan fingerprint density at radius 2 is 1.42 bits per heavy atom. The van der Waals surface area contributed by atoms with Crippen molar-refractivity contribution < 1.29 is 44.2 Å². The number of aryl methyl sites for hydroxylation is 2. The summed E-state index contributed by atoms with van der Waals surface area (Å²) in [6, 6.07) is 10.5. The molecule has 15 nitrogen and oxygen atoms in total. The number of rotatable bonds is 22. The van der Waals surface area contributed by atoms with Crippen molar-refractivity contribution in [2.75, 3.05) is 32.3 Å². The van der Waals surface area contributed by atoms with Gasteiger partial charge in [-0.25, -0.2) is 10.1 Å². The summed E-state index contributed by atoms with van der Waals surface area (Å²) in [5.41, 5.74) is 8.71. The number of halogens is 2. The van der Waals surface area contributed by atoms with Gasteiger partial charge in [0.25, 0.3) is 10.1 Å². The molecule has 0 radical (unpaired) electrons. The van der Waals surface area contributed by atoms with Crippen molar-refractivity contribution in [1.29, 1.82) is 0 Å². The molecule has 0 amide bonds. The lowest BCUT2D eigenvalue weighted by Crippen LogP contribution is -2.16. The number of nitrogens with zero attached hydrogens (tertiary/aromatic N) is 4. The van der Waals surface area contributed by atoms with Crippen molar-refractivity contribution in [3.63, 3.8) is 0 Å². The van der Waals surface area contributed by atoms with Crippen molar-refractivity contribution in [2.24, 2.45) is 5.14 Å². The van der Waals surface area contributed by atoms with Gasteiger partial charge in [-0.1, -0.05) is 69.1 Å². The SMILES string of the molecule is Cc1ccc(S(=O)(=O)OCCCCCCCCO)cc1.Nc1nc(F)nc2c1nc(Cc1cc3c(cc1I)OCO3)n2CCCCCCCCOS(N)(=O)=O. The molecule has 0 bridgehead atoms. The number of aromatic nitrogens is 4. The maximum absolute atomic E-state index is 14.0. The Bertz CT molecular complexity index is 2050. The zero-order valence-corrected chi connectivity index (χ0v) is 34.7. The van der Waals surface area contributed by atoms with Gasteiger partial charge in [-0.05, 0) is 85.0 Å². The molecule has 2 aromatic heterocycles. The number of benzene rings is 2. The fraction of sp³-hybridized carbons (Fsp3) is 0.528. The van der Waals surface area contributed by atoms with Crippen LogP contribution in [0.3, 0.4) is 0 Å². The first kappa shape index (κ1) is 44.5. The first-order chi connectivity index (χ1) is 26.3. The van der Waals surface area contributed by atoms with Gasteiger partial charge in [-0.15, -0.1) is 0 Å². The van der Waals surface area contributed by atoms with E-state index in [2.05, 4.69) is 41.7 Å². The number of aliphatic hydroxyl groups is 1. The second-order valence-corrected chi connectivity index (χ2v) is 17.1. The van der Waals surface area contributed by atoms with Crippen molar-refractivity contribution in [3.8, 4) is 11.5 Å². The fourth-order valence-electron chi connectivity index (χ4n) is 5.79. The minimum absolute atomic E-state index is 0.00889. The van der Waals surface area contributed by atoms with Crippen LogP contribution in [-0.4, -0.2) is 68.1 Å². The van der Waals surface area contributed by atoms with Crippen LogP contribution in [0, 0.1) is 16.6 Å². The summed E-state index contributed by atoms with van der Waals surface area (Å²) in [7, 11) is -7.49. The molecule has 0 saturated heterocycles. The molecule has 19 heteroatoms. The van der Waals surface area contributed by atoms with Gasteiger partial charge in [0, 0.05) is 23.1 Å². The molecule has 2 aromatic carbocycles. The number of nitrogen functional groups attached to an aromatic ring is 1. The second-order valence-electron chi connectivity index (χ2n) is 13.1. The van der Waals surface area contributed by atoms with Crippen LogP contribution in [0.15, 0.2) is 41.3 Å². The van der Waals surface area contributed by atoms with Gasteiger partial charge in [0.2, 0.25) is 6.79 Å². The average Bonchev–Trinajstić information content (AvgIpc) is 3.72. The third-order valence-corrected chi connectivity index (χ3v) is 11.5. The number of nitrogens with two attached hydrogens (primary N) is 2. The standard InChI is InChI=1S/C21H26FIN6O5S.C15H24O4S/c22-21-27-19(24)18-20(28-21)29(7-5-3-1-2-4-6-8-34-35(25,30)31)17(26-18)10-13-9-15-16(11-14(13)23)33-12-32-15;1-14-8-10-15(11-9-14)20(17,18)19-13-7-5-3-2-4-6-12-16/h9,11H,1-8,10,12H2,(H2,24,27,28)(H2,25,30,31);8-11,16H,2-7,12-13H2,1H3. The number of unbranched alkanes of at least 4 members (excludes halogenated alkanes) is 10. The predicted molar refractivity (Wildman–Crippen MR) is 214 cm³/mol. The number of ether oxygens (including phenoxy) is 2. The van der Waals surface area contributed by atoms with E-state index < -0.39 is 26.5 Å². The molecule has 304 valence electrons. The van der Waals surface area contributed by atoms with Crippen LogP contribution < -0.4 is 20.3 Å². The lowest BCUT2D eigenvalue weighted by Gasteiger charge is -2.11. The number of anilines is 1. The maximum atomic E-state index is 14.0. The van der Waals surface area contributed by atoms with E-state index in [-0.39, 0.29) is 37.3 Å². The number of hydrogen-bond donors (Lipinski definition) is 3.